The van der Waals surface area contributed by atoms with Crippen LogP contribution in [0.2, 0.25) is 10.2 Å². The summed E-state index contributed by atoms with van der Waals surface area (Å²) >= 11 is 11.3. The van der Waals surface area contributed by atoms with Crippen molar-refractivity contribution in [2.75, 3.05) is 23.5 Å². The predicted octanol–water partition coefficient (Wildman–Crippen LogP) is 2.94. The van der Waals surface area contributed by atoms with Crippen molar-refractivity contribution in [1.29, 1.82) is 0 Å². The molecule has 0 aliphatic carbocycles. The molecule has 0 fully saturated rings. The number of aromatic nitrogens is 6. The molecule has 2 amide bonds. The minimum absolute atomic E-state index is 0. The number of guanidine groups is 1. The van der Waals surface area contributed by atoms with Crippen molar-refractivity contribution in [3.05, 3.63) is 82.1 Å². The zero-order chi connectivity index (χ0) is 47.5. The van der Waals surface area contributed by atoms with E-state index in [2.05, 4.69) is 45.6 Å². The third kappa shape index (κ3) is 14.1. The van der Waals surface area contributed by atoms with Gasteiger partial charge in [-0.1, -0.05) is 98.9 Å². The SMILES string of the molecule is CCCCC(=O)N(Cc1ccc(-c2ccccc2-c2nn[nH]n2)cc1)[C@H](C(=O)O)C(C)C.Cl.NC(N)=NC(=O)c1nc(Cl)c(N)nc1N.NS(=O)(=O)c1cc2c(cc1Cl)NCNS2(=O)=O. The van der Waals surface area contributed by atoms with Gasteiger partial charge in [0, 0.05) is 18.5 Å². The number of nitrogens with two attached hydrogens (primary N) is 5. The van der Waals surface area contributed by atoms with Gasteiger partial charge in [0.25, 0.3) is 0 Å². The van der Waals surface area contributed by atoms with E-state index in [0.29, 0.717) is 12.2 Å². The number of amides is 2. The van der Waals surface area contributed by atoms with Crippen LogP contribution in [0.1, 0.15) is 56.1 Å². The van der Waals surface area contributed by atoms with Gasteiger partial charge < -0.3 is 38.3 Å². The minimum atomic E-state index is -4.07. The molecule has 23 nitrogen and oxygen atoms in total. The molecule has 5 aromatic rings. The van der Waals surface area contributed by atoms with E-state index in [9.17, 15) is 36.3 Å². The number of rotatable bonds is 12. The third-order valence-electron chi connectivity index (χ3n) is 8.93. The van der Waals surface area contributed by atoms with Crippen molar-refractivity contribution < 1.29 is 36.3 Å². The van der Waals surface area contributed by atoms with Crippen molar-refractivity contribution in [2.45, 2.75) is 62.4 Å². The Bertz CT molecular complexity index is 2740. The number of H-pyrrole nitrogens is 1. The van der Waals surface area contributed by atoms with Crippen molar-refractivity contribution in [3.63, 3.8) is 0 Å². The number of carboxylic acids is 1. The van der Waals surface area contributed by atoms with Gasteiger partial charge in [0.2, 0.25) is 31.8 Å². The van der Waals surface area contributed by atoms with Crippen molar-refractivity contribution in [3.8, 4) is 22.5 Å². The zero-order valence-electron chi connectivity index (χ0n) is 34.8. The molecule has 1 atom stereocenters. The number of aliphatic imine (C=N–C) groups is 1. The first kappa shape index (κ1) is 53.1. The van der Waals surface area contributed by atoms with Gasteiger partial charge in [0.1, 0.15) is 15.8 Å². The second-order valence-corrected chi connectivity index (χ2v) is 18.0. The second-order valence-electron chi connectivity index (χ2n) is 13.9. The van der Waals surface area contributed by atoms with E-state index in [-0.39, 0.29) is 75.5 Å². The van der Waals surface area contributed by atoms with Gasteiger partial charge in [0.15, 0.2) is 28.4 Å². The minimum Gasteiger partial charge on any atom is -0.480 e. The lowest BCUT2D eigenvalue weighted by atomic mass is 9.97. The Balaban J connectivity index is 0.000000286. The summed E-state index contributed by atoms with van der Waals surface area (Å²) in [6.07, 6.45) is 1.97. The highest BCUT2D eigenvalue weighted by Crippen LogP contribution is 2.33. The first-order valence-corrected chi connectivity index (χ1v) is 22.6. The summed E-state index contributed by atoms with van der Waals surface area (Å²) in [6, 6.07) is 16.9. The Hall–Kier alpha value is -6.22. The van der Waals surface area contributed by atoms with E-state index in [0.717, 1.165) is 41.2 Å². The van der Waals surface area contributed by atoms with Gasteiger partial charge in [-0.15, -0.1) is 22.6 Å². The number of anilines is 3. The fourth-order valence-corrected chi connectivity index (χ4v) is 8.38. The predicted molar refractivity (Wildman–Crippen MR) is 246 cm³/mol. The van der Waals surface area contributed by atoms with Crippen molar-refractivity contribution in [1.82, 2.24) is 40.2 Å². The number of benzene rings is 3. The smallest absolute Gasteiger partial charge is 0.326 e. The molecule has 0 spiro atoms. The molecule has 65 heavy (non-hydrogen) atoms. The molecule has 14 N–H and O–H groups in total. The van der Waals surface area contributed by atoms with Gasteiger partial charge in [-0.05, 0) is 46.4 Å². The molecular weight excluding hydrogens is 953 g/mol. The molecule has 350 valence electrons. The number of unbranched alkanes of at least 4 members (excludes halogenated alkanes) is 1. The number of aromatic amines is 1. The van der Waals surface area contributed by atoms with E-state index in [1.165, 1.54) is 11.0 Å². The summed E-state index contributed by atoms with van der Waals surface area (Å²) in [6.45, 7) is 5.94. The maximum atomic E-state index is 12.9. The zero-order valence-corrected chi connectivity index (χ0v) is 38.7. The Morgan fingerprint density at radius 3 is 2.18 bits per heavy atom. The largest absolute Gasteiger partial charge is 0.480 e. The number of sulfonamides is 2. The van der Waals surface area contributed by atoms with Crippen LogP contribution >= 0.6 is 35.6 Å². The number of nitrogens with one attached hydrogen (secondary N) is 3. The first-order valence-electron chi connectivity index (χ1n) is 18.8. The molecule has 3 heterocycles. The number of carboxylic acid groups (broad SMARTS) is 1. The number of hydrogen-bond acceptors (Lipinski definition) is 15. The lowest BCUT2D eigenvalue weighted by Gasteiger charge is -2.32. The second kappa shape index (κ2) is 23.1. The van der Waals surface area contributed by atoms with Gasteiger partial charge in [-0.25, -0.2) is 36.7 Å². The normalized spacial score (nSPS) is 12.9. The van der Waals surface area contributed by atoms with E-state index in [4.69, 9.17) is 51.3 Å². The number of halogens is 3. The summed E-state index contributed by atoms with van der Waals surface area (Å²) in [4.78, 5) is 47.4. The quantitative estimate of drug-likeness (QED) is 0.0641. The molecular formula is C37H46Cl3N15O8S2. The van der Waals surface area contributed by atoms with E-state index in [1.54, 1.807) is 0 Å². The molecule has 1 aliphatic rings. The topological polar surface area (TPSA) is 390 Å². The monoisotopic (exact) mass is 997 g/mol. The molecule has 2 aromatic heterocycles. The molecule has 0 saturated heterocycles. The number of hydrogen-bond donors (Lipinski definition) is 9. The fourth-order valence-electron chi connectivity index (χ4n) is 5.97. The van der Waals surface area contributed by atoms with Gasteiger partial charge in [0.05, 0.1) is 17.4 Å². The summed E-state index contributed by atoms with van der Waals surface area (Å²) in [7, 11) is -7.80. The van der Waals surface area contributed by atoms with Crippen molar-refractivity contribution in [2.24, 2.45) is 27.5 Å². The number of nitrogens with zero attached hydrogens (tertiary/aromatic N) is 7. The van der Waals surface area contributed by atoms with Gasteiger partial charge in [-0.2, -0.15) is 14.9 Å². The van der Waals surface area contributed by atoms with Crippen LogP contribution in [-0.4, -0.2) is 93.9 Å². The van der Waals surface area contributed by atoms with E-state index in [1.807, 2.05) is 69.3 Å². The Kier molecular flexibility index (Phi) is 18.9. The number of aliphatic carboxylic acids is 1. The number of fused-ring (bicyclic) bond motifs is 1. The van der Waals surface area contributed by atoms with Crippen LogP contribution in [0, 0.1) is 5.92 Å². The molecule has 0 saturated carbocycles. The highest BCUT2D eigenvalue weighted by molar-refractivity contribution is 7.90. The molecule has 6 rings (SSSR count). The summed E-state index contributed by atoms with van der Waals surface area (Å²) in [5, 5.41) is 31.4. The average molecular weight is 999 g/mol. The van der Waals surface area contributed by atoms with Crippen LogP contribution in [0.4, 0.5) is 17.3 Å². The Morgan fingerprint density at radius 2 is 1.63 bits per heavy atom. The van der Waals surface area contributed by atoms with Gasteiger partial charge in [-0.3, -0.25) is 9.59 Å². The van der Waals surface area contributed by atoms with Crippen LogP contribution < -0.4 is 38.1 Å². The number of nitrogen functional groups attached to an aromatic ring is 2. The fraction of sp³-hybridized carbons (Fsp3) is 0.270. The Labute approximate surface area is 389 Å². The average Bonchev–Trinajstić information content (AvgIpc) is 3.76. The lowest BCUT2D eigenvalue weighted by molar-refractivity contribution is -0.153. The first-order chi connectivity index (χ1) is 30.0. The maximum Gasteiger partial charge on any atom is 0.326 e. The number of primary sulfonamides is 1. The molecule has 0 unspecified atom stereocenters. The molecule has 0 radical (unpaired) electrons. The van der Waals surface area contributed by atoms with Crippen LogP contribution in [0.25, 0.3) is 22.5 Å². The third-order valence-corrected chi connectivity index (χ3v) is 12.0. The molecule has 28 heteroatoms. The Morgan fingerprint density at radius 1 is 0.985 bits per heavy atom. The molecule has 3 aromatic carbocycles. The van der Waals surface area contributed by atoms with E-state index < -0.39 is 48.8 Å². The number of carbonyl (C=O) groups excluding carboxylic acids is 2. The van der Waals surface area contributed by atoms with E-state index >= 15 is 0 Å². The maximum absolute atomic E-state index is 12.9. The molecule has 0 bridgehead atoms. The number of tetrazole rings is 1. The molecule has 1 aliphatic heterocycles. The van der Waals surface area contributed by atoms with Gasteiger partial charge >= 0.3 is 11.9 Å². The van der Waals surface area contributed by atoms with Crippen LogP contribution in [0.5, 0.6) is 0 Å². The summed E-state index contributed by atoms with van der Waals surface area (Å²) in [5.74, 6) is -2.29. The summed E-state index contributed by atoms with van der Waals surface area (Å²) in [5.41, 5.74) is 24.4. The number of carbonyl (C=O) groups is 3. The van der Waals surface area contributed by atoms with Crippen LogP contribution in [0.3, 0.4) is 0 Å². The highest BCUT2D eigenvalue weighted by Gasteiger charge is 2.32. The summed E-state index contributed by atoms with van der Waals surface area (Å²) < 4.78 is 47.9. The lowest BCUT2D eigenvalue weighted by Crippen LogP contribution is -2.47. The van der Waals surface area contributed by atoms with Crippen LogP contribution in [-0.2, 0) is 36.2 Å². The highest BCUT2D eigenvalue weighted by atomic mass is 35.5. The standard InChI is InChI=1S/C24H29N5O3.C7H8ClN3O4S2.C6H8ClN7O.ClH/c1-4-5-10-21(30)29(22(16(2)3)24(31)32)15-17-11-13-18(14-12-17)19-8-6-7-9-20(19)23-25-27-28-26-23;8-4-1-5-7(2-6(4)16(9,12)13)17(14,15)11-3-10-5;7-2-4(9)13-3(8)1(12-2)5(15)14-6(10)11;/h6-9,11-14,16,22H,4-5,10,15H2,1-3H3,(H,31,32)(H,25,26,27,28);1-2,10-11H,3H2,(H2,9,12,13);(H4,8,9,13)(H4,10,11,14,15);1H/t22-;;;/m0.../s1. The van der Waals surface area contributed by atoms with Crippen molar-refractivity contribution >= 4 is 96.7 Å². The van der Waals surface area contributed by atoms with Crippen LogP contribution in [0.15, 0.2) is 75.4 Å².